The van der Waals surface area contributed by atoms with Crippen LogP contribution in [0.2, 0.25) is 0 Å². The predicted molar refractivity (Wildman–Crippen MR) is 117 cm³/mol. The van der Waals surface area contributed by atoms with Gasteiger partial charge >= 0.3 is 11.9 Å². The Morgan fingerprint density at radius 1 is 1.26 bits per heavy atom. The van der Waals surface area contributed by atoms with Crippen molar-refractivity contribution in [3.8, 4) is 0 Å². The Bertz CT molecular complexity index is 713. The van der Waals surface area contributed by atoms with Crippen LogP contribution in [0.3, 0.4) is 0 Å². The van der Waals surface area contributed by atoms with Crippen LogP contribution in [-0.2, 0) is 19.1 Å². The number of ether oxygens (including phenoxy) is 2. The molecule has 2 N–H and O–H groups in total. The maximum atomic E-state index is 12.8. The molecule has 0 aromatic carbocycles. The van der Waals surface area contributed by atoms with E-state index in [9.17, 15) is 19.8 Å². The molecular formula is C25H38O6. The molecule has 1 aliphatic heterocycles. The summed E-state index contributed by atoms with van der Waals surface area (Å²) in [5.41, 5.74) is 1.23. The first kappa shape index (κ1) is 24.0. The molecule has 9 atom stereocenters. The maximum Gasteiger partial charge on any atom is 0.309 e. The minimum atomic E-state index is -0.621. The van der Waals surface area contributed by atoms with Crippen LogP contribution in [0.15, 0.2) is 23.8 Å². The summed E-state index contributed by atoms with van der Waals surface area (Å²) in [6.45, 7) is 7.96. The lowest BCUT2D eigenvalue weighted by atomic mass is 9.65. The van der Waals surface area contributed by atoms with E-state index in [0.29, 0.717) is 24.7 Å². The van der Waals surface area contributed by atoms with Gasteiger partial charge in [0.15, 0.2) is 0 Å². The quantitative estimate of drug-likeness (QED) is 0.597. The molecule has 31 heavy (non-hydrogen) atoms. The van der Waals surface area contributed by atoms with Crippen molar-refractivity contribution >= 4 is 11.9 Å². The highest BCUT2D eigenvalue weighted by Crippen LogP contribution is 2.45. The van der Waals surface area contributed by atoms with Crippen molar-refractivity contribution in [3.05, 3.63) is 23.8 Å². The number of esters is 2. The third kappa shape index (κ3) is 5.78. The van der Waals surface area contributed by atoms with Gasteiger partial charge in [-0.2, -0.15) is 0 Å². The summed E-state index contributed by atoms with van der Waals surface area (Å²) in [6.07, 6.45) is 8.49. The number of carbonyl (C=O) groups is 2. The molecule has 0 spiro atoms. The van der Waals surface area contributed by atoms with Crippen molar-refractivity contribution < 1.29 is 29.3 Å². The van der Waals surface area contributed by atoms with Gasteiger partial charge in [0, 0.05) is 18.9 Å². The lowest BCUT2D eigenvalue weighted by Gasteiger charge is -2.43. The summed E-state index contributed by atoms with van der Waals surface area (Å²) in [7, 11) is 0. The van der Waals surface area contributed by atoms with Crippen LogP contribution < -0.4 is 0 Å². The highest BCUT2D eigenvalue weighted by atomic mass is 16.6. The van der Waals surface area contributed by atoms with Gasteiger partial charge in [-0.25, -0.2) is 0 Å². The van der Waals surface area contributed by atoms with E-state index in [1.807, 2.05) is 13.8 Å². The first-order valence-electron chi connectivity index (χ1n) is 11.8. The minimum absolute atomic E-state index is 0.0414. The maximum absolute atomic E-state index is 12.8. The molecule has 2 aliphatic carbocycles. The summed E-state index contributed by atoms with van der Waals surface area (Å²) in [4.78, 5) is 24.5. The predicted octanol–water partition coefficient (Wildman–Crippen LogP) is 3.41. The SMILES string of the molecule is CC(CO)[C@H](C)C(=O)O[C@H]1C[C@@H](C)C=C2C=C[C@H](C)[C@H](CC[C@@H]3C[C@@H](O)CC(=O)O3)[C@H]21. The molecule has 0 aromatic heterocycles. The number of aliphatic hydroxyl groups is 2. The Balaban J connectivity index is 1.74. The highest BCUT2D eigenvalue weighted by Gasteiger charge is 2.42. The molecule has 3 aliphatic rings. The Hall–Kier alpha value is -1.66. The Kier molecular flexibility index (Phi) is 7.98. The summed E-state index contributed by atoms with van der Waals surface area (Å²) in [5.74, 6) is -0.0513. The van der Waals surface area contributed by atoms with E-state index in [1.165, 1.54) is 5.57 Å². The van der Waals surface area contributed by atoms with Crippen LogP contribution in [0, 0.1) is 35.5 Å². The highest BCUT2D eigenvalue weighted by molar-refractivity contribution is 5.72. The second-order valence-electron chi connectivity index (χ2n) is 9.99. The molecule has 6 nitrogen and oxygen atoms in total. The van der Waals surface area contributed by atoms with E-state index in [0.717, 1.165) is 12.8 Å². The number of allylic oxidation sites excluding steroid dienone is 3. The largest absolute Gasteiger partial charge is 0.462 e. The number of hydrogen-bond donors (Lipinski definition) is 2. The van der Waals surface area contributed by atoms with Crippen LogP contribution in [0.1, 0.15) is 59.8 Å². The minimum Gasteiger partial charge on any atom is -0.462 e. The van der Waals surface area contributed by atoms with Crippen molar-refractivity contribution in [2.75, 3.05) is 6.61 Å². The second-order valence-corrected chi connectivity index (χ2v) is 9.99. The fourth-order valence-electron chi connectivity index (χ4n) is 5.28. The average molecular weight is 435 g/mol. The van der Waals surface area contributed by atoms with Crippen molar-refractivity contribution in [1.82, 2.24) is 0 Å². The van der Waals surface area contributed by atoms with E-state index in [2.05, 4.69) is 32.1 Å². The van der Waals surface area contributed by atoms with Crippen LogP contribution in [-0.4, -0.2) is 47.1 Å². The number of aliphatic hydroxyl groups excluding tert-OH is 2. The van der Waals surface area contributed by atoms with Crippen LogP contribution in [0.25, 0.3) is 0 Å². The van der Waals surface area contributed by atoms with Crippen molar-refractivity contribution in [1.29, 1.82) is 0 Å². The molecule has 1 heterocycles. The van der Waals surface area contributed by atoms with Gasteiger partial charge in [0.1, 0.15) is 12.2 Å². The van der Waals surface area contributed by atoms with Crippen LogP contribution >= 0.6 is 0 Å². The normalized spacial score (nSPS) is 37.3. The molecule has 0 bridgehead atoms. The van der Waals surface area contributed by atoms with Gasteiger partial charge in [0.05, 0.1) is 18.4 Å². The van der Waals surface area contributed by atoms with Gasteiger partial charge in [-0.05, 0) is 48.5 Å². The monoisotopic (exact) mass is 434 g/mol. The Morgan fingerprint density at radius 2 is 2.00 bits per heavy atom. The second kappa shape index (κ2) is 10.3. The van der Waals surface area contributed by atoms with E-state index < -0.39 is 6.10 Å². The lowest BCUT2D eigenvalue weighted by molar-refractivity contribution is -0.163. The fourth-order valence-corrected chi connectivity index (χ4v) is 5.28. The molecule has 6 heteroatoms. The zero-order valence-electron chi connectivity index (χ0n) is 19.2. The van der Waals surface area contributed by atoms with E-state index in [-0.39, 0.29) is 60.8 Å². The van der Waals surface area contributed by atoms with Crippen LogP contribution in [0.5, 0.6) is 0 Å². The topological polar surface area (TPSA) is 93.1 Å². The van der Waals surface area contributed by atoms with E-state index in [1.54, 1.807) is 0 Å². The van der Waals surface area contributed by atoms with Gasteiger partial charge in [0.25, 0.3) is 0 Å². The zero-order chi connectivity index (χ0) is 22.7. The van der Waals surface area contributed by atoms with Gasteiger partial charge in [0.2, 0.25) is 0 Å². The van der Waals surface area contributed by atoms with Gasteiger partial charge < -0.3 is 19.7 Å². The fraction of sp³-hybridized carbons (Fsp3) is 0.760. The number of carbonyl (C=O) groups excluding carboxylic acids is 2. The Morgan fingerprint density at radius 3 is 2.68 bits per heavy atom. The molecule has 1 unspecified atom stereocenters. The van der Waals surface area contributed by atoms with E-state index >= 15 is 0 Å². The van der Waals surface area contributed by atoms with E-state index in [4.69, 9.17) is 9.47 Å². The molecule has 3 rings (SSSR count). The summed E-state index contributed by atoms with van der Waals surface area (Å²) in [5, 5.41) is 19.3. The molecule has 0 radical (unpaired) electrons. The average Bonchev–Trinajstić information content (AvgIpc) is 2.71. The summed E-state index contributed by atoms with van der Waals surface area (Å²) in [6, 6.07) is 0. The van der Waals surface area contributed by atoms with Crippen molar-refractivity contribution in [2.24, 2.45) is 35.5 Å². The first-order valence-corrected chi connectivity index (χ1v) is 11.8. The third-order valence-corrected chi connectivity index (χ3v) is 7.43. The molecule has 1 saturated heterocycles. The molecule has 174 valence electrons. The number of hydrogen-bond acceptors (Lipinski definition) is 6. The standard InChI is InChI=1S/C25H38O6/c1-14-9-18-6-5-15(2)21(8-7-20-11-19(27)12-23(28)30-20)24(18)22(10-14)31-25(29)17(4)16(3)13-26/h5-6,9,14-17,19-22,24,26-27H,7-8,10-13H2,1-4H3/t14-,15-,16?,17-,19+,20+,21-,22-,24-/m0/s1. The molecular weight excluding hydrogens is 396 g/mol. The lowest BCUT2D eigenvalue weighted by Crippen LogP contribution is -2.42. The first-order chi connectivity index (χ1) is 14.7. The smallest absolute Gasteiger partial charge is 0.309 e. The Labute approximate surface area is 185 Å². The van der Waals surface area contributed by atoms with Gasteiger partial charge in [-0.15, -0.1) is 0 Å². The van der Waals surface area contributed by atoms with Crippen LogP contribution in [0.4, 0.5) is 0 Å². The number of rotatable bonds is 7. The summed E-state index contributed by atoms with van der Waals surface area (Å²) < 4.78 is 11.5. The number of cyclic esters (lactones) is 1. The molecule has 0 aromatic rings. The van der Waals surface area contributed by atoms with Crippen molar-refractivity contribution in [3.63, 3.8) is 0 Å². The van der Waals surface area contributed by atoms with Gasteiger partial charge in [-0.1, -0.05) is 45.9 Å². The number of fused-ring (bicyclic) bond motifs is 1. The zero-order valence-corrected chi connectivity index (χ0v) is 19.2. The molecule has 0 saturated carbocycles. The third-order valence-electron chi connectivity index (χ3n) is 7.43. The van der Waals surface area contributed by atoms with Gasteiger partial charge in [-0.3, -0.25) is 9.59 Å². The molecule has 0 amide bonds. The molecule has 1 fully saturated rings. The van der Waals surface area contributed by atoms with Crippen molar-refractivity contribution in [2.45, 2.75) is 78.1 Å². The summed E-state index contributed by atoms with van der Waals surface area (Å²) >= 11 is 0.